The van der Waals surface area contributed by atoms with E-state index in [-0.39, 0.29) is 10.8 Å². The first-order valence-electron chi connectivity index (χ1n) is 7.25. The smallest absolute Gasteiger partial charge is 0.270 e. The number of amides is 1. The highest BCUT2D eigenvalue weighted by Crippen LogP contribution is 2.34. The Morgan fingerprint density at radius 1 is 1.29 bits per heavy atom. The van der Waals surface area contributed by atoms with Gasteiger partial charge in [0, 0.05) is 37.0 Å². The molecule has 21 heavy (non-hydrogen) atoms. The molecule has 0 unspecified atom stereocenters. The lowest BCUT2D eigenvalue weighted by Crippen LogP contribution is -2.35. The highest BCUT2D eigenvalue weighted by Gasteiger charge is 2.33. The first-order chi connectivity index (χ1) is 9.84. The van der Waals surface area contributed by atoms with Crippen LogP contribution in [0.5, 0.6) is 0 Å². The van der Waals surface area contributed by atoms with Crippen LogP contribution in [0.3, 0.4) is 0 Å². The fourth-order valence-corrected chi connectivity index (χ4v) is 3.30. The number of rotatable bonds is 6. The zero-order chi connectivity index (χ0) is 15.2. The lowest BCUT2D eigenvalue weighted by Gasteiger charge is -2.22. The van der Waals surface area contributed by atoms with Gasteiger partial charge in [-0.25, -0.2) is 8.42 Å². The lowest BCUT2D eigenvalue weighted by molar-refractivity contribution is 0.0730. The summed E-state index contributed by atoms with van der Waals surface area (Å²) in [6, 6.07) is 1.37. The minimum atomic E-state index is -3.80. The van der Waals surface area contributed by atoms with Crippen molar-refractivity contribution in [1.29, 1.82) is 0 Å². The average molecular weight is 331 g/mol. The Labute approximate surface area is 129 Å². The van der Waals surface area contributed by atoms with E-state index < -0.39 is 9.05 Å². The van der Waals surface area contributed by atoms with E-state index in [2.05, 4.69) is 0 Å². The number of nitrogens with zero attached hydrogens (tertiary/aromatic N) is 2. The summed E-state index contributed by atoms with van der Waals surface area (Å²) in [4.78, 5) is 14.6. The van der Waals surface area contributed by atoms with Crippen LogP contribution >= 0.6 is 10.7 Å². The Morgan fingerprint density at radius 2 is 1.81 bits per heavy atom. The third-order valence-electron chi connectivity index (χ3n) is 4.12. The molecule has 2 saturated carbocycles. The van der Waals surface area contributed by atoms with Crippen molar-refractivity contribution in [2.45, 2.75) is 30.6 Å². The van der Waals surface area contributed by atoms with E-state index in [1.54, 1.807) is 11.6 Å². The highest BCUT2D eigenvalue weighted by atomic mass is 35.7. The molecule has 0 saturated heterocycles. The second-order valence-electron chi connectivity index (χ2n) is 6.21. The molecule has 0 radical (unpaired) electrons. The van der Waals surface area contributed by atoms with Gasteiger partial charge in [-0.15, -0.1) is 0 Å². The number of carbonyl (C=O) groups is 1. The van der Waals surface area contributed by atoms with Crippen molar-refractivity contribution in [3.63, 3.8) is 0 Å². The number of hydrogen-bond donors (Lipinski definition) is 0. The molecular weight excluding hydrogens is 312 g/mol. The third-order valence-corrected chi connectivity index (χ3v) is 5.44. The van der Waals surface area contributed by atoms with Crippen molar-refractivity contribution >= 4 is 25.6 Å². The average Bonchev–Trinajstić information content (AvgIpc) is 3.29. The van der Waals surface area contributed by atoms with Crippen LogP contribution in [0.2, 0.25) is 0 Å². The number of hydrogen-bond acceptors (Lipinski definition) is 3. The Kier molecular flexibility index (Phi) is 3.78. The maximum atomic E-state index is 12.7. The van der Waals surface area contributed by atoms with Gasteiger partial charge >= 0.3 is 0 Å². The molecule has 116 valence electrons. The fraction of sp³-hybridized carbons (Fsp3) is 0.643. The van der Waals surface area contributed by atoms with Gasteiger partial charge in [-0.05, 0) is 43.6 Å². The first kappa shape index (κ1) is 14.9. The molecule has 2 fully saturated rings. The third kappa shape index (κ3) is 3.61. The fourth-order valence-electron chi connectivity index (χ4n) is 2.51. The van der Waals surface area contributed by atoms with Crippen molar-refractivity contribution in [2.24, 2.45) is 18.9 Å². The molecule has 0 atom stereocenters. The molecule has 7 heteroatoms. The summed E-state index contributed by atoms with van der Waals surface area (Å²) >= 11 is 0. The zero-order valence-corrected chi connectivity index (χ0v) is 13.5. The minimum Gasteiger partial charge on any atom is -0.345 e. The number of aryl methyl sites for hydroxylation is 1. The molecule has 1 amide bonds. The van der Waals surface area contributed by atoms with Gasteiger partial charge in [0.1, 0.15) is 10.6 Å². The van der Waals surface area contributed by atoms with Gasteiger partial charge in [-0.1, -0.05) is 0 Å². The predicted octanol–water partition coefficient (Wildman–Crippen LogP) is 2.21. The Balaban J connectivity index is 1.82. The van der Waals surface area contributed by atoms with Gasteiger partial charge in [0.15, 0.2) is 0 Å². The summed E-state index contributed by atoms with van der Waals surface area (Å²) in [5, 5.41) is 0. The topological polar surface area (TPSA) is 59.4 Å². The molecule has 2 aliphatic carbocycles. The summed E-state index contributed by atoms with van der Waals surface area (Å²) in [6.45, 7) is 1.56. The maximum absolute atomic E-state index is 12.7. The minimum absolute atomic E-state index is 0.0205. The molecule has 1 aromatic rings. The normalized spacial score (nSPS) is 18.8. The summed E-state index contributed by atoms with van der Waals surface area (Å²) in [6.07, 6.45) is 6.12. The standard InChI is InChI=1S/C14H19ClN2O3S/c1-16-9-12(21(15,19)20)6-13(16)14(18)17(7-10-2-3-10)8-11-4-5-11/h6,9-11H,2-5,7-8H2,1H3. The van der Waals surface area contributed by atoms with Gasteiger partial charge in [0.05, 0.1) is 0 Å². The molecule has 0 N–H and O–H groups in total. The summed E-state index contributed by atoms with van der Waals surface area (Å²) < 4.78 is 24.3. The molecule has 5 nitrogen and oxygen atoms in total. The quantitative estimate of drug-likeness (QED) is 0.751. The second-order valence-corrected chi connectivity index (χ2v) is 8.77. The van der Waals surface area contributed by atoms with E-state index in [1.807, 2.05) is 4.90 Å². The molecule has 1 heterocycles. The lowest BCUT2D eigenvalue weighted by atomic mass is 10.2. The van der Waals surface area contributed by atoms with Crippen LogP contribution in [0.25, 0.3) is 0 Å². The Morgan fingerprint density at radius 3 is 2.19 bits per heavy atom. The van der Waals surface area contributed by atoms with Crippen LogP contribution in [-0.2, 0) is 16.1 Å². The van der Waals surface area contributed by atoms with Crippen LogP contribution in [0, 0.1) is 11.8 Å². The molecule has 3 rings (SSSR count). The molecule has 0 spiro atoms. The van der Waals surface area contributed by atoms with E-state index in [1.165, 1.54) is 37.9 Å². The molecule has 0 aromatic carbocycles. The van der Waals surface area contributed by atoms with Crippen molar-refractivity contribution < 1.29 is 13.2 Å². The summed E-state index contributed by atoms with van der Waals surface area (Å²) in [7, 11) is 3.22. The molecule has 1 aromatic heterocycles. The van der Waals surface area contributed by atoms with E-state index in [9.17, 15) is 13.2 Å². The molecule has 0 bridgehead atoms. The maximum Gasteiger partial charge on any atom is 0.270 e. The van der Waals surface area contributed by atoms with Crippen molar-refractivity contribution in [2.75, 3.05) is 13.1 Å². The van der Waals surface area contributed by atoms with E-state index >= 15 is 0 Å². The van der Waals surface area contributed by atoms with E-state index in [0.717, 1.165) is 13.1 Å². The van der Waals surface area contributed by atoms with Crippen molar-refractivity contribution in [3.8, 4) is 0 Å². The number of carbonyl (C=O) groups excluding carboxylic acids is 1. The highest BCUT2D eigenvalue weighted by molar-refractivity contribution is 8.13. The monoisotopic (exact) mass is 330 g/mol. The van der Waals surface area contributed by atoms with Gasteiger partial charge < -0.3 is 9.47 Å². The van der Waals surface area contributed by atoms with Crippen LogP contribution in [0.1, 0.15) is 36.2 Å². The van der Waals surface area contributed by atoms with Crippen molar-refractivity contribution in [3.05, 3.63) is 18.0 Å². The van der Waals surface area contributed by atoms with Gasteiger partial charge in [-0.2, -0.15) is 0 Å². The SMILES string of the molecule is Cn1cc(S(=O)(=O)Cl)cc1C(=O)N(CC1CC1)CC1CC1. The van der Waals surface area contributed by atoms with Crippen LogP contribution in [0.15, 0.2) is 17.2 Å². The van der Waals surface area contributed by atoms with Gasteiger partial charge in [0.25, 0.3) is 15.0 Å². The van der Waals surface area contributed by atoms with Gasteiger partial charge in [0.2, 0.25) is 0 Å². The van der Waals surface area contributed by atoms with E-state index in [0.29, 0.717) is 17.5 Å². The van der Waals surface area contributed by atoms with E-state index in [4.69, 9.17) is 10.7 Å². The molecular formula is C14H19ClN2O3S. The summed E-state index contributed by atoms with van der Waals surface area (Å²) in [5.74, 6) is 1.14. The van der Waals surface area contributed by atoms with Crippen LogP contribution in [-0.4, -0.2) is 36.9 Å². The predicted molar refractivity (Wildman–Crippen MR) is 79.8 cm³/mol. The van der Waals surface area contributed by atoms with Crippen molar-refractivity contribution in [1.82, 2.24) is 9.47 Å². The largest absolute Gasteiger partial charge is 0.345 e. The molecule has 0 aliphatic heterocycles. The molecule has 2 aliphatic rings. The second kappa shape index (κ2) is 5.32. The summed E-state index contributed by atoms with van der Waals surface area (Å²) in [5.41, 5.74) is 0.385. The number of aromatic nitrogens is 1. The first-order valence-corrected chi connectivity index (χ1v) is 9.56. The Bertz CT molecular complexity index is 646. The number of halogens is 1. The van der Waals surface area contributed by atoms with Crippen LogP contribution in [0.4, 0.5) is 0 Å². The Hall–Kier alpha value is -1.01. The van der Waals surface area contributed by atoms with Crippen LogP contribution < -0.4 is 0 Å². The zero-order valence-electron chi connectivity index (χ0n) is 12.0. The van der Waals surface area contributed by atoms with Gasteiger partial charge in [-0.3, -0.25) is 4.79 Å².